The minimum Gasteiger partial charge on any atom is -0.462 e. The molecule has 0 aliphatic heterocycles. The summed E-state index contributed by atoms with van der Waals surface area (Å²) in [5.74, 6) is -1.20. The van der Waals surface area contributed by atoms with Crippen LogP contribution in [0.3, 0.4) is 0 Å². The Bertz CT molecular complexity index is 1360. The Labute approximate surface area is 378 Å². The van der Waals surface area contributed by atoms with Crippen molar-refractivity contribution >= 4 is 19.8 Å². The zero-order valence-corrected chi connectivity index (χ0v) is 39.1. The van der Waals surface area contributed by atoms with Gasteiger partial charge in [0.25, 0.3) is 0 Å². The van der Waals surface area contributed by atoms with Gasteiger partial charge in [0.1, 0.15) is 43.2 Å². The molecule has 1 fully saturated rings. The van der Waals surface area contributed by atoms with Crippen LogP contribution in [0.5, 0.6) is 0 Å². The number of ether oxygens (including phenoxy) is 2. The highest BCUT2D eigenvalue weighted by atomic mass is 31.2. The number of phosphoric ester groups is 1. The number of hydrogen-bond donors (Lipinski definition) is 6. The average Bonchev–Trinajstić information content (AvgIpc) is 3.26. The highest BCUT2D eigenvalue weighted by Crippen LogP contribution is 2.47. The van der Waals surface area contributed by atoms with Crippen molar-refractivity contribution in [3.63, 3.8) is 0 Å². The predicted molar refractivity (Wildman–Crippen MR) is 249 cm³/mol. The molecule has 0 bridgehead atoms. The van der Waals surface area contributed by atoms with Crippen LogP contribution < -0.4 is 0 Å². The molecule has 0 aromatic rings. The molecule has 0 spiro atoms. The van der Waals surface area contributed by atoms with Gasteiger partial charge in [-0.2, -0.15) is 0 Å². The Morgan fingerprint density at radius 1 is 0.540 bits per heavy atom. The van der Waals surface area contributed by atoms with Gasteiger partial charge in [-0.05, 0) is 64.2 Å². The number of rotatable bonds is 39. The van der Waals surface area contributed by atoms with Crippen molar-refractivity contribution < 1.29 is 63.1 Å². The zero-order valence-electron chi connectivity index (χ0n) is 38.2. The lowest BCUT2D eigenvalue weighted by Crippen LogP contribution is -2.64. The van der Waals surface area contributed by atoms with Gasteiger partial charge in [0.2, 0.25) is 0 Å². The lowest BCUT2D eigenvalue weighted by atomic mass is 9.85. The highest BCUT2D eigenvalue weighted by molar-refractivity contribution is 7.47. The number of phosphoric acid groups is 1. The summed E-state index contributed by atoms with van der Waals surface area (Å²) >= 11 is 0. The summed E-state index contributed by atoms with van der Waals surface area (Å²) in [5, 5.41) is 50.2. The smallest absolute Gasteiger partial charge is 0.462 e. The van der Waals surface area contributed by atoms with Gasteiger partial charge in [-0.25, -0.2) is 4.57 Å². The number of unbranched alkanes of at least 4 members (excludes halogenated alkanes) is 16. The van der Waals surface area contributed by atoms with Crippen LogP contribution >= 0.6 is 7.82 Å². The quantitative estimate of drug-likeness (QED) is 0.0147. The highest BCUT2D eigenvalue weighted by Gasteiger charge is 2.51. The van der Waals surface area contributed by atoms with Crippen molar-refractivity contribution in [3.05, 3.63) is 73.4 Å². The molecule has 0 aromatic heterocycles. The predicted octanol–water partition coefficient (Wildman–Crippen LogP) is 9.50. The van der Waals surface area contributed by atoms with Crippen LogP contribution in [-0.4, -0.2) is 98.3 Å². The van der Waals surface area contributed by atoms with E-state index in [0.29, 0.717) is 19.3 Å². The third kappa shape index (κ3) is 31.0. The second kappa shape index (κ2) is 38.5. The third-order valence-electron chi connectivity index (χ3n) is 10.7. The Morgan fingerprint density at radius 3 is 1.46 bits per heavy atom. The number of allylic oxidation sites excluding steroid dienone is 11. The summed E-state index contributed by atoms with van der Waals surface area (Å²) < 4.78 is 33.5. The van der Waals surface area contributed by atoms with Gasteiger partial charge in [0, 0.05) is 12.8 Å². The Morgan fingerprint density at radius 2 is 0.968 bits per heavy atom. The molecule has 63 heavy (non-hydrogen) atoms. The van der Waals surface area contributed by atoms with E-state index in [4.69, 9.17) is 18.5 Å². The summed E-state index contributed by atoms with van der Waals surface area (Å²) in [6.45, 7) is 4.73. The van der Waals surface area contributed by atoms with Gasteiger partial charge in [-0.3, -0.25) is 18.6 Å². The molecule has 0 amide bonds. The van der Waals surface area contributed by atoms with E-state index in [-0.39, 0.29) is 12.8 Å². The van der Waals surface area contributed by atoms with Crippen LogP contribution in [0.15, 0.2) is 73.4 Å². The Kier molecular flexibility index (Phi) is 35.7. The molecular formula is C49H83O13P. The van der Waals surface area contributed by atoms with Gasteiger partial charge in [0.05, 0.1) is 6.61 Å². The fraction of sp³-hybridized carbons (Fsp3) is 0.714. The lowest BCUT2D eigenvalue weighted by Gasteiger charge is -2.41. The van der Waals surface area contributed by atoms with Crippen LogP contribution in [0, 0.1) is 0 Å². The molecular weight excluding hydrogens is 828 g/mol. The summed E-state index contributed by atoms with van der Waals surface area (Å²) in [4.78, 5) is 35.7. The Balaban J connectivity index is 2.49. The number of carbonyl (C=O) groups excluding carboxylic acids is 2. The number of aliphatic hydroxyl groups excluding tert-OH is 5. The van der Waals surface area contributed by atoms with Crippen LogP contribution in [0.1, 0.15) is 167 Å². The first-order valence-corrected chi connectivity index (χ1v) is 25.2. The maximum Gasteiger partial charge on any atom is 0.472 e. The molecule has 1 saturated carbocycles. The third-order valence-corrected chi connectivity index (χ3v) is 11.7. The average molecular weight is 911 g/mol. The number of carbonyl (C=O) groups is 2. The molecule has 14 heteroatoms. The minimum atomic E-state index is -5.14. The number of esters is 2. The zero-order chi connectivity index (χ0) is 46.4. The molecule has 1 rings (SSSR count). The van der Waals surface area contributed by atoms with E-state index in [9.17, 15) is 44.6 Å². The molecule has 6 unspecified atom stereocenters. The maximum absolute atomic E-state index is 12.8. The molecule has 0 radical (unpaired) electrons. The van der Waals surface area contributed by atoms with E-state index in [1.54, 1.807) is 0 Å². The molecule has 8 atom stereocenters. The van der Waals surface area contributed by atoms with Crippen molar-refractivity contribution in [2.24, 2.45) is 0 Å². The van der Waals surface area contributed by atoms with Crippen LogP contribution in [-0.2, 0) is 32.7 Å². The first-order valence-electron chi connectivity index (χ1n) is 23.7. The van der Waals surface area contributed by atoms with Crippen molar-refractivity contribution in [2.45, 2.75) is 210 Å². The minimum absolute atomic E-state index is 0.0403. The van der Waals surface area contributed by atoms with Crippen LogP contribution in [0.4, 0.5) is 0 Å². The van der Waals surface area contributed by atoms with E-state index < -0.39 is 75.7 Å². The maximum atomic E-state index is 12.8. The Hall–Kier alpha value is -2.71. The SMILES string of the molecule is C=CCCCCCCCCCCCCCCCC(=O)O[C@@H](COC(=O)CC/C=C/C/C=C/C/C=C/C/C=C/C/C=C/CCCCC)COP(=O)(O)OC1C(O)C(O)C(O)[C@H](O)C1O. The van der Waals surface area contributed by atoms with E-state index in [0.717, 1.165) is 57.8 Å². The number of hydrogen-bond acceptors (Lipinski definition) is 12. The summed E-state index contributed by atoms with van der Waals surface area (Å²) in [5.41, 5.74) is 0. The van der Waals surface area contributed by atoms with E-state index in [1.807, 2.05) is 24.3 Å². The fourth-order valence-electron chi connectivity index (χ4n) is 6.84. The largest absolute Gasteiger partial charge is 0.472 e. The van der Waals surface area contributed by atoms with Crippen molar-refractivity contribution in [3.8, 4) is 0 Å². The lowest BCUT2D eigenvalue weighted by molar-refractivity contribution is -0.220. The van der Waals surface area contributed by atoms with Gasteiger partial charge in [-0.1, -0.05) is 157 Å². The van der Waals surface area contributed by atoms with Gasteiger partial charge in [-0.15, -0.1) is 6.58 Å². The van der Waals surface area contributed by atoms with Gasteiger partial charge < -0.3 is 39.9 Å². The van der Waals surface area contributed by atoms with Crippen LogP contribution in [0.2, 0.25) is 0 Å². The molecule has 0 aromatic carbocycles. The first kappa shape index (κ1) is 58.3. The molecule has 1 aliphatic rings. The molecule has 6 N–H and O–H groups in total. The normalized spacial score (nSPS) is 22.1. The van der Waals surface area contributed by atoms with Gasteiger partial charge in [0.15, 0.2) is 6.10 Å². The molecule has 362 valence electrons. The second-order valence-corrected chi connectivity index (χ2v) is 17.7. The fourth-order valence-corrected chi connectivity index (χ4v) is 7.81. The standard InChI is InChI=1S/C49H83O13P/c1-3-5-7-9-11-13-15-17-19-20-21-22-24-25-27-29-31-33-35-37-42(50)59-39-41(40-60-63(57,58)62-49-47(55)45(53)44(52)46(54)48(49)56)61-43(51)38-36-34-32-30-28-26-23-18-16-14-12-10-8-6-4-2/h4,11,13,17,19,21-22,25,27,31,33,41,44-49,52-56H,2-3,5-10,12,14-16,18,20,23-24,26,28-30,32,34-40H2,1H3,(H,57,58)/b13-11+,19-17+,22-21+,27-25+,33-31+/t41-,44?,45-,46?,47?,48?,49?/m0/s1. The van der Waals surface area contributed by atoms with E-state index in [2.05, 4.69) is 56.0 Å². The van der Waals surface area contributed by atoms with Crippen molar-refractivity contribution in [1.82, 2.24) is 0 Å². The topological polar surface area (TPSA) is 210 Å². The van der Waals surface area contributed by atoms with Crippen molar-refractivity contribution in [2.75, 3.05) is 13.2 Å². The summed E-state index contributed by atoms with van der Waals surface area (Å²) in [7, 11) is -5.14. The molecule has 0 heterocycles. The van der Waals surface area contributed by atoms with E-state index in [1.165, 1.54) is 70.6 Å². The molecule has 13 nitrogen and oxygen atoms in total. The van der Waals surface area contributed by atoms with Crippen molar-refractivity contribution in [1.29, 1.82) is 0 Å². The number of aliphatic hydroxyl groups is 5. The van der Waals surface area contributed by atoms with Crippen LogP contribution in [0.25, 0.3) is 0 Å². The molecule has 1 aliphatic carbocycles. The molecule has 0 saturated heterocycles. The summed E-state index contributed by atoms with van der Waals surface area (Å²) in [6, 6.07) is 0. The summed E-state index contributed by atoms with van der Waals surface area (Å²) in [6.07, 6.45) is 34.3. The second-order valence-electron chi connectivity index (χ2n) is 16.3. The first-order chi connectivity index (χ1) is 30.4. The van der Waals surface area contributed by atoms with Gasteiger partial charge >= 0.3 is 19.8 Å². The van der Waals surface area contributed by atoms with E-state index >= 15 is 0 Å². The monoisotopic (exact) mass is 911 g/mol.